The van der Waals surface area contributed by atoms with E-state index in [0.717, 1.165) is 72.2 Å². The van der Waals surface area contributed by atoms with Gasteiger partial charge in [0.25, 0.3) is 0 Å². The van der Waals surface area contributed by atoms with Crippen LogP contribution in [0.4, 0.5) is 0 Å². The summed E-state index contributed by atoms with van der Waals surface area (Å²) in [5, 5.41) is 2.00. The van der Waals surface area contributed by atoms with Crippen molar-refractivity contribution in [3.8, 4) is 33.6 Å². The number of pyridine rings is 2. The van der Waals surface area contributed by atoms with Crippen LogP contribution in [0.3, 0.4) is 0 Å². The fourth-order valence-corrected chi connectivity index (χ4v) is 5.09. The summed E-state index contributed by atoms with van der Waals surface area (Å²) in [5.41, 5.74) is 10.2. The number of nitrogens with zero attached hydrogens (tertiary/aromatic N) is 4. The first-order valence-corrected chi connectivity index (χ1v) is 12.3. The van der Waals surface area contributed by atoms with Crippen molar-refractivity contribution in [2.24, 2.45) is 0 Å². The first-order valence-electron chi connectivity index (χ1n) is 12.3. The van der Waals surface area contributed by atoms with Gasteiger partial charge in [-0.3, -0.25) is 15.0 Å². The molecule has 0 N–H and O–H groups in total. The second kappa shape index (κ2) is 8.08. The Bertz CT molecular complexity index is 2140. The van der Waals surface area contributed by atoms with Gasteiger partial charge >= 0.3 is 0 Å². The van der Waals surface area contributed by atoms with Crippen LogP contribution in [0.2, 0.25) is 0 Å². The third-order valence-corrected chi connectivity index (χ3v) is 6.92. The van der Waals surface area contributed by atoms with Crippen LogP contribution in [0.5, 0.6) is 0 Å². The van der Waals surface area contributed by atoms with Gasteiger partial charge in [-0.25, -0.2) is 4.98 Å². The topological polar surface area (TPSA) is 77.8 Å². The van der Waals surface area contributed by atoms with Crippen molar-refractivity contribution < 1.29 is 8.83 Å². The lowest BCUT2D eigenvalue weighted by molar-refractivity contribution is 0.668. The number of hydrogen-bond acceptors (Lipinski definition) is 6. The smallest absolute Gasteiger partial charge is 0.163 e. The minimum absolute atomic E-state index is 0.711. The molecule has 38 heavy (non-hydrogen) atoms. The molecule has 0 saturated carbocycles. The maximum absolute atomic E-state index is 6.18. The Hall–Kier alpha value is -5.36. The molecule has 0 amide bonds. The second-order valence-electron chi connectivity index (χ2n) is 9.14. The van der Waals surface area contributed by atoms with Gasteiger partial charge in [0, 0.05) is 39.9 Å². The highest BCUT2D eigenvalue weighted by atomic mass is 16.3. The van der Waals surface area contributed by atoms with Crippen LogP contribution in [0.15, 0.2) is 119 Å². The second-order valence-corrected chi connectivity index (χ2v) is 9.14. The van der Waals surface area contributed by atoms with Crippen molar-refractivity contribution in [3.63, 3.8) is 0 Å². The molecule has 6 nitrogen and oxygen atoms in total. The average molecular weight is 491 g/mol. The lowest BCUT2D eigenvalue weighted by Gasteiger charge is -2.07. The van der Waals surface area contributed by atoms with Gasteiger partial charge in [-0.2, -0.15) is 0 Å². The third kappa shape index (κ3) is 3.14. The standard InChI is InChI=1S/C32H18N4O2/c1-3-7-27-23(5-1)29-31(37-27)21(13-15-34-29)19-9-11-20(12-10-19)25-17-33-18-26(36-25)22-14-16-35-30-24-6-2-4-8-28(24)38-32(22)30/h1-18H. The van der Waals surface area contributed by atoms with Crippen LogP contribution >= 0.6 is 0 Å². The third-order valence-electron chi connectivity index (χ3n) is 6.92. The predicted octanol–water partition coefficient (Wildman–Crippen LogP) is 8.07. The molecule has 6 heteroatoms. The van der Waals surface area contributed by atoms with Crippen molar-refractivity contribution in [1.29, 1.82) is 0 Å². The maximum atomic E-state index is 6.18. The van der Waals surface area contributed by atoms with Crippen LogP contribution in [0.25, 0.3) is 77.8 Å². The molecule has 0 aliphatic heterocycles. The van der Waals surface area contributed by atoms with Crippen molar-refractivity contribution in [1.82, 2.24) is 19.9 Å². The molecule has 5 aromatic heterocycles. The summed E-state index contributed by atoms with van der Waals surface area (Å²) in [6, 6.07) is 28.1. The molecule has 0 radical (unpaired) electrons. The molecule has 8 aromatic rings. The normalized spacial score (nSPS) is 11.7. The van der Waals surface area contributed by atoms with E-state index >= 15 is 0 Å². The zero-order chi connectivity index (χ0) is 25.1. The van der Waals surface area contributed by atoms with E-state index in [4.69, 9.17) is 13.8 Å². The van der Waals surface area contributed by atoms with Crippen molar-refractivity contribution >= 4 is 44.1 Å². The van der Waals surface area contributed by atoms with Crippen molar-refractivity contribution in [3.05, 3.63) is 110 Å². The fourth-order valence-electron chi connectivity index (χ4n) is 5.09. The fraction of sp³-hybridized carbons (Fsp3) is 0. The number of benzene rings is 3. The Kier molecular flexibility index (Phi) is 4.42. The number of fused-ring (bicyclic) bond motifs is 6. The van der Waals surface area contributed by atoms with Gasteiger partial charge in [0.1, 0.15) is 22.2 Å². The SMILES string of the molecule is c1ccc2c(c1)oc1c(-c3ccc(-c4cncc(-c5ccnc6c5oc5ccccc56)n4)cc3)ccnc12. The van der Waals surface area contributed by atoms with Gasteiger partial charge < -0.3 is 8.83 Å². The summed E-state index contributed by atoms with van der Waals surface area (Å²) < 4.78 is 12.3. The molecule has 0 unspecified atom stereocenters. The molecule has 0 saturated heterocycles. The van der Waals surface area contributed by atoms with E-state index in [1.807, 2.05) is 66.9 Å². The lowest BCUT2D eigenvalue weighted by Crippen LogP contribution is -1.91. The first kappa shape index (κ1) is 20.8. The summed E-state index contributed by atoms with van der Waals surface area (Å²) >= 11 is 0. The molecule has 5 heterocycles. The van der Waals surface area contributed by atoms with Gasteiger partial charge in [-0.05, 0) is 42.0 Å². The molecule has 0 aliphatic rings. The lowest BCUT2D eigenvalue weighted by atomic mass is 10.0. The van der Waals surface area contributed by atoms with E-state index in [9.17, 15) is 0 Å². The molecule has 0 fully saturated rings. The van der Waals surface area contributed by atoms with Crippen LogP contribution in [-0.2, 0) is 0 Å². The highest BCUT2D eigenvalue weighted by Crippen LogP contribution is 2.36. The monoisotopic (exact) mass is 490 g/mol. The zero-order valence-electron chi connectivity index (χ0n) is 20.0. The summed E-state index contributed by atoms with van der Waals surface area (Å²) in [5.74, 6) is 0. The van der Waals surface area contributed by atoms with Gasteiger partial charge in [-0.1, -0.05) is 48.5 Å². The summed E-state index contributed by atoms with van der Waals surface area (Å²) in [7, 11) is 0. The maximum Gasteiger partial charge on any atom is 0.163 e. The minimum atomic E-state index is 0.711. The largest absolute Gasteiger partial charge is 0.454 e. The van der Waals surface area contributed by atoms with E-state index in [1.165, 1.54) is 0 Å². The number of furan rings is 2. The molecule has 8 rings (SSSR count). The zero-order valence-corrected chi connectivity index (χ0v) is 20.0. The number of rotatable bonds is 3. The summed E-state index contributed by atoms with van der Waals surface area (Å²) in [6.07, 6.45) is 7.15. The molecular formula is C32H18N4O2. The van der Waals surface area contributed by atoms with Crippen molar-refractivity contribution in [2.75, 3.05) is 0 Å². The van der Waals surface area contributed by atoms with Gasteiger partial charge in [0.05, 0.1) is 23.8 Å². The summed E-state index contributed by atoms with van der Waals surface area (Å²) in [4.78, 5) is 18.6. The Morgan fingerprint density at radius 1 is 0.500 bits per heavy atom. The molecule has 0 spiro atoms. The quantitative estimate of drug-likeness (QED) is 0.249. The predicted molar refractivity (Wildman–Crippen MR) is 148 cm³/mol. The molecular weight excluding hydrogens is 472 g/mol. The first-order chi connectivity index (χ1) is 18.8. The van der Waals surface area contributed by atoms with E-state index in [1.54, 1.807) is 18.6 Å². The Labute approximate surface area is 216 Å². The van der Waals surface area contributed by atoms with Crippen LogP contribution in [0.1, 0.15) is 0 Å². The molecule has 0 aliphatic carbocycles. The Morgan fingerprint density at radius 3 is 1.74 bits per heavy atom. The molecule has 0 atom stereocenters. The minimum Gasteiger partial charge on any atom is -0.454 e. The Morgan fingerprint density at radius 2 is 1.05 bits per heavy atom. The van der Waals surface area contributed by atoms with E-state index in [0.29, 0.717) is 5.58 Å². The highest BCUT2D eigenvalue weighted by Gasteiger charge is 2.16. The Balaban J connectivity index is 1.20. The van der Waals surface area contributed by atoms with Crippen molar-refractivity contribution in [2.45, 2.75) is 0 Å². The average Bonchev–Trinajstić information content (AvgIpc) is 3.56. The number of para-hydroxylation sites is 2. The van der Waals surface area contributed by atoms with E-state index < -0.39 is 0 Å². The van der Waals surface area contributed by atoms with Gasteiger partial charge in [0.15, 0.2) is 11.2 Å². The summed E-state index contributed by atoms with van der Waals surface area (Å²) in [6.45, 7) is 0. The van der Waals surface area contributed by atoms with Crippen LogP contribution < -0.4 is 0 Å². The van der Waals surface area contributed by atoms with Gasteiger partial charge in [0.2, 0.25) is 0 Å². The molecule has 178 valence electrons. The van der Waals surface area contributed by atoms with Crippen LogP contribution in [0, 0.1) is 0 Å². The van der Waals surface area contributed by atoms with E-state index in [-0.39, 0.29) is 0 Å². The van der Waals surface area contributed by atoms with Crippen LogP contribution in [-0.4, -0.2) is 19.9 Å². The van der Waals surface area contributed by atoms with Gasteiger partial charge in [-0.15, -0.1) is 0 Å². The molecule has 3 aromatic carbocycles. The van der Waals surface area contributed by atoms with E-state index in [2.05, 4.69) is 39.2 Å². The highest BCUT2D eigenvalue weighted by molar-refractivity contribution is 6.08. The number of aromatic nitrogens is 4. The molecule has 0 bridgehead atoms. The number of hydrogen-bond donors (Lipinski definition) is 0.